The molecule has 0 amide bonds. The van der Waals surface area contributed by atoms with Crippen molar-refractivity contribution in [1.29, 1.82) is 0 Å². The minimum absolute atomic E-state index is 0.154. The van der Waals surface area contributed by atoms with Crippen molar-refractivity contribution in [3.8, 4) is 0 Å². The molecule has 0 bridgehead atoms. The average molecular weight is 309 g/mol. The Morgan fingerprint density at radius 3 is 2.74 bits per heavy atom. The minimum atomic E-state index is -0.774. The molecule has 3 aromatic rings. The molecule has 23 heavy (non-hydrogen) atoms. The second-order valence-electron chi connectivity index (χ2n) is 5.69. The number of carbonyl (C=O) groups is 1. The number of aliphatic carboxylic acids is 1. The Morgan fingerprint density at radius 1 is 1.22 bits per heavy atom. The number of nitrogens with zero attached hydrogens (tertiary/aromatic N) is 3. The van der Waals surface area contributed by atoms with E-state index < -0.39 is 5.97 Å². The number of pyridine rings is 1. The number of aromatic nitrogens is 3. The number of benzene rings is 1. The molecule has 5 nitrogen and oxygen atoms in total. The number of aryl methyl sites for hydroxylation is 2. The van der Waals surface area contributed by atoms with Gasteiger partial charge in [0.25, 0.3) is 0 Å². The third-order valence-corrected chi connectivity index (χ3v) is 3.84. The lowest BCUT2D eigenvalue weighted by molar-refractivity contribution is -0.137. The molecule has 0 saturated carbocycles. The van der Waals surface area contributed by atoms with E-state index in [1.807, 2.05) is 12.1 Å². The highest BCUT2D eigenvalue weighted by Gasteiger charge is 2.12. The van der Waals surface area contributed by atoms with E-state index in [9.17, 15) is 4.79 Å². The largest absolute Gasteiger partial charge is 0.481 e. The maximum absolute atomic E-state index is 10.7. The molecule has 1 N–H and O–H groups in total. The number of fused-ring (bicyclic) bond motifs is 1. The van der Waals surface area contributed by atoms with Gasteiger partial charge in [-0.1, -0.05) is 29.8 Å². The molecule has 0 fully saturated rings. The van der Waals surface area contributed by atoms with E-state index >= 15 is 0 Å². The Kier molecular flexibility index (Phi) is 4.37. The van der Waals surface area contributed by atoms with E-state index in [4.69, 9.17) is 5.11 Å². The predicted octanol–water partition coefficient (Wildman–Crippen LogP) is 3.20. The van der Waals surface area contributed by atoms with E-state index in [1.54, 1.807) is 6.20 Å². The van der Waals surface area contributed by atoms with E-state index in [0.29, 0.717) is 19.4 Å². The molecule has 0 aliphatic heterocycles. The highest BCUT2D eigenvalue weighted by molar-refractivity contribution is 5.71. The summed E-state index contributed by atoms with van der Waals surface area (Å²) in [5.74, 6) is 0.116. The van der Waals surface area contributed by atoms with Gasteiger partial charge in [0.05, 0.1) is 6.54 Å². The molecular formula is C18H19N3O2. The monoisotopic (exact) mass is 309 g/mol. The molecule has 0 aliphatic carbocycles. The van der Waals surface area contributed by atoms with Crippen molar-refractivity contribution in [2.45, 2.75) is 32.7 Å². The Labute approximate surface area is 134 Å². The second-order valence-corrected chi connectivity index (χ2v) is 5.69. The topological polar surface area (TPSA) is 68.0 Å². The van der Waals surface area contributed by atoms with Crippen LogP contribution in [-0.4, -0.2) is 25.6 Å². The van der Waals surface area contributed by atoms with Gasteiger partial charge in [0.1, 0.15) is 11.3 Å². The van der Waals surface area contributed by atoms with Crippen molar-refractivity contribution in [3.05, 3.63) is 59.5 Å². The fourth-order valence-corrected chi connectivity index (χ4v) is 2.64. The van der Waals surface area contributed by atoms with Crippen molar-refractivity contribution in [1.82, 2.24) is 14.5 Å². The number of imidazole rings is 1. The van der Waals surface area contributed by atoms with Crippen LogP contribution >= 0.6 is 0 Å². The number of hydrogen-bond acceptors (Lipinski definition) is 3. The van der Waals surface area contributed by atoms with E-state index in [-0.39, 0.29) is 6.42 Å². The molecular weight excluding hydrogens is 290 g/mol. The molecule has 0 radical (unpaired) electrons. The van der Waals surface area contributed by atoms with Crippen LogP contribution in [0.15, 0.2) is 42.6 Å². The smallest absolute Gasteiger partial charge is 0.303 e. The molecule has 0 spiro atoms. The lowest BCUT2D eigenvalue weighted by atomic mass is 10.1. The first-order valence-electron chi connectivity index (χ1n) is 7.71. The maximum atomic E-state index is 10.7. The van der Waals surface area contributed by atoms with Crippen LogP contribution in [0.2, 0.25) is 0 Å². The summed E-state index contributed by atoms with van der Waals surface area (Å²) in [6.45, 7) is 2.76. The molecule has 5 heteroatoms. The minimum Gasteiger partial charge on any atom is -0.481 e. The quantitative estimate of drug-likeness (QED) is 0.759. The van der Waals surface area contributed by atoms with E-state index in [1.165, 1.54) is 11.1 Å². The first-order valence-corrected chi connectivity index (χ1v) is 7.71. The fourth-order valence-electron chi connectivity index (χ4n) is 2.64. The highest BCUT2D eigenvalue weighted by Crippen LogP contribution is 2.18. The molecule has 118 valence electrons. The van der Waals surface area contributed by atoms with Crippen molar-refractivity contribution < 1.29 is 9.90 Å². The van der Waals surface area contributed by atoms with Crippen LogP contribution in [0.25, 0.3) is 11.2 Å². The van der Waals surface area contributed by atoms with Crippen LogP contribution in [0.5, 0.6) is 0 Å². The van der Waals surface area contributed by atoms with Gasteiger partial charge in [0.2, 0.25) is 0 Å². The number of carboxylic acids is 1. The number of rotatable bonds is 6. The Balaban J connectivity index is 1.91. The summed E-state index contributed by atoms with van der Waals surface area (Å²) in [4.78, 5) is 19.8. The van der Waals surface area contributed by atoms with Crippen LogP contribution in [0.4, 0.5) is 0 Å². The number of hydrogen-bond donors (Lipinski definition) is 1. The molecule has 0 aliphatic rings. The summed E-state index contributed by atoms with van der Waals surface area (Å²) in [5, 5.41) is 8.82. The first kappa shape index (κ1) is 15.2. The molecule has 0 saturated heterocycles. The first-order chi connectivity index (χ1) is 11.1. The van der Waals surface area contributed by atoms with Crippen molar-refractivity contribution in [3.63, 3.8) is 0 Å². The summed E-state index contributed by atoms with van der Waals surface area (Å²) in [5.41, 5.74) is 4.10. The van der Waals surface area contributed by atoms with Gasteiger partial charge < -0.3 is 9.67 Å². The molecule has 0 atom stereocenters. The zero-order valence-corrected chi connectivity index (χ0v) is 13.1. The van der Waals surface area contributed by atoms with E-state index in [0.717, 1.165) is 17.0 Å². The van der Waals surface area contributed by atoms with Crippen LogP contribution < -0.4 is 0 Å². The van der Waals surface area contributed by atoms with Gasteiger partial charge in [-0.3, -0.25) is 4.79 Å². The molecule has 1 aromatic carbocycles. The van der Waals surface area contributed by atoms with Gasteiger partial charge in [-0.05, 0) is 31.0 Å². The van der Waals surface area contributed by atoms with Crippen LogP contribution in [0, 0.1) is 6.92 Å². The Morgan fingerprint density at radius 2 is 2.00 bits per heavy atom. The van der Waals surface area contributed by atoms with Gasteiger partial charge in [-0.25, -0.2) is 9.97 Å². The Hall–Kier alpha value is -2.69. The fraction of sp³-hybridized carbons (Fsp3) is 0.278. The van der Waals surface area contributed by atoms with Crippen LogP contribution in [0.3, 0.4) is 0 Å². The average Bonchev–Trinajstić information content (AvgIpc) is 2.87. The summed E-state index contributed by atoms with van der Waals surface area (Å²) in [6.07, 6.45) is 3.12. The standard InChI is InChI=1S/C18H19N3O2/c1-13-7-9-14(10-8-13)12-21-16(5-2-6-17(22)23)20-15-4-3-11-19-18(15)21/h3-4,7-11H,2,5-6,12H2,1H3,(H,22,23). The summed E-state index contributed by atoms with van der Waals surface area (Å²) in [7, 11) is 0. The molecule has 3 rings (SSSR count). The zero-order valence-electron chi connectivity index (χ0n) is 13.1. The van der Waals surface area contributed by atoms with E-state index in [2.05, 4.69) is 45.7 Å². The summed E-state index contributed by atoms with van der Waals surface area (Å²) in [6, 6.07) is 12.2. The Bertz CT molecular complexity index is 822. The molecule has 2 aromatic heterocycles. The highest BCUT2D eigenvalue weighted by atomic mass is 16.4. The number of carboxylic acid groups (broad SMARTS) is 1. The van der Waals surface area contributed by atoms with Crippen molar-refractivity contribution in [2.75, 3.05) is 0 Å². The second kappa shape index (κ2) is 6.60. The molecule has 2 heterocycles. The van der Waals surface area contributed by atoms with Gasteiger partial charge >= 0.3 is 5.97 Å². The third kappa shape index (κ3) is 3.56. The summed E-state index contributed by atoms with van der Waals surface area (Å²) >= 11 is 0. The van der Waals surface area contributed by atoms with Crippen LogP contribution in [0.1, 0.15) is 29.8 Å². The third-order valence-electron chi connectivity index (χ3n) is 3.84. The SMILES string of the molecule is Cc1ccc(Cn2c(CCCC(=O)O)nc3cccnc32)cc1. The lowest BCUT2D eigenvalue weighted by Gasteiger charge is -2.09. The predicted molar refractivity (Wildman–Crippen MR) is 88.4 cm³/mol. The lowest BCUT2D eigenvalue weighted by Crippen LogP contribution is -2.07. The van der Waals surface area contributed by atoms with Crippen molar-refractivity contribution >= 4 is 17.1 Å². The van der Waals surface area contributed by atoms with Crippen LogP contribution in [-0.2, 0) is 17.8 Å². The zero-order chi connectivity index (χ0) is 16.2. The van der Waals surface area contributed by atoms with Gasteiger partial charge in [-0.2, -0.15) is 0 Å². The normalized spacial score (nSPS) is 11.0. The van der Waals surface area contributed by atoms with Crippen molar-refractivity contribution in [2.24, 2.45) is 0 Å². The molecule has 0 unspecified atom stereocenters. The van der Waals surface area contributed by atoms with Gasteiger partial charge in [0, 0.05) is 19.0 Å². The maximum Gasteiger partial charge on any atom is 0.303 e. The summed E-state index contributed by atoms with van der Waals surface area (Å²) < 4.78 is 2.09. The van der Waals surface area contributed by atoms with Gasteiger partial charge in [-0.15, -0.1) is 0 Å². The van der Waals surface area contributed by atoms with Gasteiger partial charge in [0.15, 0.2) is 5.65 Å².